The van der Waals surface area contributed by atoms with Crippen LogP contribution in [0.5, 0.6) is 5.75 Å². The summed E-state index contributed by atoms with van der Waals surface area (Å²) in [4.78, 5) is 47.1. The first-order chi connectivity index (χ1) is 18.0. The van der Waals surface area contributed by atoms with Crippen LogP contribution >= 0.6 is 0 Å². The molecule has 2 saturated heterocycles. The highest BCUT2D eigenvalue weighted by molar-refractivity contribution is 5.97. The summed E-state index contributed by atoms with van der Waals surface area (Å²) in [7, 11) is 1.56. The first kappa shape index (κ1) is 24.5. The van der Waals surface area contributed by atoms with E-state index in [1.807, 2.05) is 12.1 Å². The number of furan rings is 1. The van der Waals surface area contributed by atoms with Crippen molar-refractivity contribution in [3.8, 4) is 5.75 Å². The van der Waals surface area contributed by atoms with Crippen LogP contribution < -0.4 is 10.1 Å². The van der Waals surface area contributed by atoms with Gasteiger partial charge in [-0.05, 0) is 48.0 Å². The summed E-state index contributed by atoms with van der Waals surface area (Å²) in [5.74, 6) is -0.120. The Morgan fingerprint density at radius 2 is 1.86 bits per heavy atom. The minimum absolute atomic E-state index is 0.0540. The Morgan fingerprint density at radius 3 is 2.57 bits per heavy atom. The fourth-order valence-corrected chi connectivity index (χ4v) is 4.89. The Bertz CT molecular complexity index is 1250. The van der Waals surface area contributed by atoms with Crippen LogP contribution in [0.25, 0.3) is 0 Å². The van der Waals surface area contributed by atoms with Gasteiger partial charge in [0.2, 0.25) is 5.91 Å². The Morgan fingerprint density at radius 1 is 1.08 bits per heavy atom. The van der Waals surface area contributed by atoms with Crippen LogP contribution in [-0.4, -0.2) is 71.1 Å². The summed E-state index contributed by atoms with van der Waals surface area (Å²) in [5.41, 5.74) is 0.401. The summed E-state index contributed by atoms with van der Waals surface area (Å²) < 4.78 is 16.8. The highest BCUT2D eigenvalue weighted by Crippen LogP contribution is 2.39. The number of likely N-dealkylation sites (tertiary alicyclic amines) is 1. The molecule has 1 unspecified atom stereocenters. The van der Waals surface area contributed by atoms with Gasteiger partial charge in [-0.25, -0.2) is 0 Å². The van der Waals surface area contributed by atoms with Gasteiger partial charge in [0.15, 0.2) is 5.76 Å². The van der Waals surface area contributed by atoms with Crippen molar-refractivity contribution in [2.24, 2.45) is 0 Å². The van der Waals surface area contributed by atoms with Gasteiger partial charge in [0.25, 0.3) is 11.8 Å². The van der Waals surface area contributed by atoms with Crippen LogP contribution in [0.4, 0.5) is 0 Å². The number of carbonyl (C=O) groups is 3. The first-order valence-corrected chi connectivity index (χ1v) is 12.1. The minimum atomic E-state index is -1.02. The van der Waals surface area contributed by atoms with Crippen molar-refractivity contribution < 1.29 is 28.3 Å². The van der Waals surface area contributed by atoms with Crippen molar-refractivity contribution in [3.63, 3.8) is 0 Å². The maximum absolute atomic E-state index is 13.5. The van der Waals surface area contributed by atoms with Gasteiger partial charge in [-0.1, -0.05) is 6.07 Å². The minimum Gasteiger partial charge on any atom is -0.497 e. The second-order valence-electron chi connectivity index (χ2n) is 9.02. The number of piperidine rings is 1. The molecule has 2 aromatic heterocycles. The molecule has 1 N–H and O–H groups in total. The number of pyridine rings is 1. The lowest BCUT2D eigenvalue weighted by molar-refractivity contribution is -0.128. The normalized spacial score (nSPS) is 18.6. The zero-order valence-electron chi connectivity index (χ0n) is 20.5. The monoisotopic (exact) mass is 504 g/mol. The Balaban J connectivity index is 1.33. The third-order valence-corrected chi connectivity index (χ3v) is 6.88. The molecule has 0 radical (unpaired) electrons. The fourth-order valence-electron chi connectivity index (χ4n) is 4.89. The average molecular weight is 505 g/mol. The van der Waals surface area contributed by atoms with Crippen LogP contribution in [-0.2, 0) is 16.1 Å². The van der Waals surface area contributed by atoms with Gasteiger partial charge >= 0.3 is 0 Å². The highest BCUT2D eigenvalue weighted by atomic mass is 16.5. The molecule has 0 saturated carbocycles. The zero-order chi connectivity index (χ0) is 25.8. The van der Waals surface area contributed by atoms with Crippen molar-refractivity contribution >= 4 is 17.7 Å². The molecule has 3 amide bonds. The number of hydrogen-bond acceptors (Lipinski definition) is 7. The molecule has 0 aliphatic carbocycles. The van der Waals surface area contributed by atoms with E-state index in [0.717, 1.165) is 5.56 Å². The molecule has 37 heavy (non-hydrogen) atoms. The third-order valence-electron chi connectivity index (χ3n) is 6.88. The maximum Gasteiger partial charge on any atom is 0.292 e. The van der Waals surface area contributed by atoms with Crippen LogP contribution in [0.15, 0.2) is 71.6 Å². The van der Waals surface area contributed by atoms with E-state index >= 15 is 0 Å². The lowest BCUT2D eigenvalue weighted by Gasteiger charge is -2.44. The topological polar surface area (TPSA) is 114 Å². The SMILES string of the molecule is COc1cccc(C(=O)N2CCC3(CC2)OCC(C(=O)NCc2ccncc2)N3C(=O)c2ccco2)c1. The van der Waals surface area contributed by atoms with Gasteiger partial charge in [0.05, 0.1) is 20.0 Å². The molecule has 10 heteroatoms. The predicted octanol–water partition coefficient (Wildman–Crippen LogP) is 2.47. The summed E-state index contributed by atoms with van der Waals surface area (Å²) in [6.07, 6.45) is 5.46. The van der Waals surface area contributed by atoms with Gasteiger partial charge in [0.1, 0.15) is 17.5 Å². The molecule has 10 nitrogen and oxygen atoms in total. The Labute approximate surface area is 214 Å². The smallest absolute Gasteiger partial charge is 0.292 e. The second kappa shape index (κ2) is 10.4. The lowest BCUT2D eigenvalue weighted by Crippen LogP contribution is -2.59. The first-order valence-electron chi connectivity index (χ1n) is 12.1. The van der Waals surface area contributed by atoms with E-state index in [1.54, 1.807) is 60.8 Å². The number of amides is 3. The molecule has 1 atom stereocenters. The molecule has 1 aromatic carbocycles. The van der Waals surface area contributed by atoms with E-state index in [0.29, 0.717) is 43.8 Å². The van der Waals surface area contributed by atoms with E-state index in [9.17, 15) is 14.4 Å². The van der Waals surface area contributed by atoms with Crippen LogP contribution in [0.1, 0.15) is 39.3 Å². The molecular weight excluding hydrogens is 476 g/mol. The number of aromatic nitrogens is 1. The molecule has 0 bridgehead atoms. The van der Waals surface area contributed by atoms with Gasteiger partial charge in [0, 0.05) is 50.4 Å². The van der Waals surface area contributed by atoms with Crippen molar-refractivity contribution in [1.82, 2.24) is 20.1 Å². The molecule has 2 fully saturated rings. The van der Waals surface area contributed by atoms with Crippen LogP contribution in [0.2, 0.25) is 0 Å². The Hall–Kier alpha value is -4.18. The van der Waals surface area contributed by atoms with Crippen LogP contribution in [0.3, 0.4) is 0 Å². The summed E-state index contributed by atoms with van der Waals surface area (Å²) in [6, 6.07) is 13.0. The van der Waals surface area contributed by atoms with Gasteiger partial charge in [-0.3, -0.25) is 24.3 Å². The van der Waals surface area contributed by atoms with Crippen molar-refractivity contribution in [2.45, 2.75) is 31.2 Å². The van der Waals surface area contributed by atoms with E-state index in [2.05, 4.69) is 10.3 Å². The van der Waals surface area contributed by atoms with Crippen molar-refractivity contribution in [2.75, 3.05) is 26.8 Å². The fraction of sp³-hybridized carbons (Fsp3) is 0.333. The largest absolute Gasteiger partial charge is 0.497 e. The number of benzene rings is 1. The highest BCUT2D eigenvalue weighted by Gasteiger charge is 2.54. The molecule has 192 valence electrons. The predicted molar refractivity (Wildman–Crippen MR) is 132 cm³/mol. The molecule has 3 aromatic rings. The number of nitrogens with zero attached hydrogens (tertiary/aromatic N) is 3. The van der Waals surface area contributed by atoms with Gasteiger partial charge in [-0.15, -0.1) is 0 Å². The van der Waals surface area contributed by atoms with E-state index < -0.39 is 17.7 Å². The molecular formula is C27H28N4O6. The van der Waals surface area contributed by atoms with Gasteiger partial charge < -0.3 is 24.1 Å². The Kier molecular flexibility index (Phi) is 6.91. The quantitative estimate of drug-likeness (QED) is 0.549. The third kappa shape index (κ3) is 4.92. The summed E-state index contributed by atoms with van der Waals surface area (Å²) in [6.45, 7) is 1.08. The van der Waals surface area contributed by atoms with Crippen molar-refractivity contribution in [1.29, 1.82) is 0 Å². The number of nitrogens with one attached hydrogen (secondary N) is 1. The van der Waals surface area contributed by atoms with E-state index in [1.165, 1.54) is 11.2 Å². The second-order valence-corrected chi connectivity index (χ2v) is 9.02. The van der Waals surface area contributed by atoms with E-state index in [4.69, 9.17) is 13.9 Å². The number of methoxy groups -OCH3 is 1. The van der Waals surface area contributed by atoms with Crippen LogP contribution in [0, 0.1) is 0 Å². The molecule has 2 aliphatic rings. The lowest BCUT2D eigenvalue weighted by atomic mass is 9.96. The molecule has 4 heterocycles. The van der Waals surface area contributed by atoms with Gasteiger partial charge in [-0.2, -0.15) is 0 Å². The average Bonchev–Trinajstić information content (AvgIpc) is 3.61. The molecule has 1 spiro atoms. The molecule has 5 rings (SSSR count). The number of carbonyl (C=O) groups excluding carboxylic acids is 3. The molecule has 2 aliphatic heterocycles. The van der Waals surface area contributed by atoms with E-state index in [-0.39, 0.29) is 24.2 Å². The standard InChI is InChI=1S/C27H28N4O6/c1-35-21-5-2-4-20(16-21)25(33)30-13-9-27(10-14-30)31(26(34)23-6-3-15-36-23)22(18-37-27)24(32)29-17-19-7-11-28-12-8-19/h2-8,11-12,15-16,22H,9-10,13-14,17-18H2,1H3,(H,29,32). The van der Waals surface area contributed by atoms with Crippen molar-refractivity contribution in [3.05, 3.63) is 84.1 Å². The number of ether oxygens (including phenoxy) is 2. The maximum atomic E-state index is 13.5. The summed E-state index contributed by atoms with van der Waals surface area (Å²) in [5, 5.41) is 2.90. The number of rotatable bonds is 6. The zero-order valence-corrected chi connectivity index (χ0v) is 20.5. The summed E-state index contributed by atoms with van der Waals surface area (Å²) >= 11 is 0. The number of hydrogen-bond donors (Lipinski definition) is 1.